The molecule has 2 aromatic carbocycles. The lowest BCUT2D eigenvalue weighted by Gasteiger charge is -2.08. The van der Waals surface area contributed by atoms with Crippen molar-refractivity contribution >= 4 is 17.9 Å². The number of benzene rings is 2. The molecule has 0 spiro atoms. The topological polar surface area (TPSA) is 38.3 Å². The molecule has 0 saturated heterocycles. The molecule has 0 bridgehead atoms. The molecule has 3 nitrogen and oxygen atoms in total. The Hall–Kier alpha value is -1.84. The van der Waals surface area contributed by atoms with E-state index < -0.39 is 0 Å². The molecule has 0 aromatic heterocycles. The third kappa shape index (κ3) is 3.87. The van der Waals surface area contributed by atoms with Crippen LogP contribution in [0.5, 0.6) is 5.75 Å². The minimum atomic E-state index is 0.434. The smallest absolute Gasteiger partial charge is 0.133 e. The van der Waals surface area contributed by atoms with E-state index in [0.717, 1.165) is 29.0 Å². The Balaban J connectivity index is 1.51. The highest BCUT2D eigenvalue weighted by Crippen LogP contribution is 2.41. The summed E-state index contributed by atoms with van der Waals surface area (Å²) >= 11 is 5.86. The molecule has 114 valence electrons. The van der Waals surface area contributed by atoms with Crippen LogP contribution in [0.3, 0.4) is 0 Å². The van der Waals surface area contributed by atoms with Crippen molar-refractivity contribution in [2.24, 2.45) is 0 Å². The van der Waals surface area contributed by atoms with Crippen LogP contribution >= 0.6 is 11.6 Å². The van der Waals surface area contributed by atoms with Crippen molar-refractivity contribution < 1.29 is 9.53 Å². The van der Waals surface area contributed by atoms with Gasteiger partial charge < -0.3 is 14.8 Å². The number of carbonyl (C=O) groups excluding carboxylic acids is 1. The van der Waals surface area contributed by atoms with Gasteiger partial charge in [-0.1, -0.05) is 35.9 Å². The Morgan fingerprint density at radius 3 is 2.55 bits per heavy atom. The van der Waals surface area contributed by atoms with Gasteiger partial charge >= 0.3 is 0 Å². The number of hydrogen-bond acceptors (Lipinski definition) is 3. The van der Waals surface area contributed by atoms with E-state index in [-0.39, 0.29) is 0 Å². The quantitative estimate of drug-likeness (QED) is 0.794. The lowest BCUT2D eigenvalue weighted by Crippen LogP contribution is -2.19. The Morgan fingerprint density at radius 2 is 1.86 bits per heavy atom. The van der Waals surface area contributed by atoms with Crippen LogP contribution in [0.4, 0.5) is 0 Å². The first-order valence-electron chi connectivity index (χ1n) is 7.40. The summed E-state index contributed by atoms with van der Waals surface area (Å²) in [6.07, 6.45) is 2.00. The van der Waals surface area contributed by atoms with Crippen LogP contribution in [-0.2, 0) is 11.4 Å². The molecule has 4 heteroatoms. The molecule has 22 heavy (non-hydrogen) atoms. The summed E-state index contributed by atoms with van der Waals surface area (Å²) in [6.45, 7) is 0.965. The summed E-state index contributed by atoms with van der Waals surface area (Å²) in [5, 5.41) is 3.94. The summed E-state index contributed by atoms with van der Waals surface area (Å²) < 4.78 is 5.77. The molecule has 0 heterocycles. The molecule has 2 aromatic rings. The Labute approximate surface area is 135 Å². The molecule has 0 aliphatic heterocycles. The summed E-state index contributed by atoms with van der Waals surface area (Å²) in [4.78, 5) is 10.3. The normalized spacial score (nSPS) is 19.7. The van der Waals surface area contributed by atoms with E-state index in [2.05, 4.69) is 17.4 Å². The third-order valence-electron chi connectivity index (χ3n) is 3.88. The van der Waals surface area contributed by atoms with Gasteiger partial charge in [0.05, 0.1) is 6.54 Å². The van der Waals surface area contributed by atoms with E-state index in [0.29, 0.717) is 25.1 Å². The lowest BCUT2D eigenvalue weighted by molar-refractivity contribution is -0.107. The van der Waals surface area contributed by atoms with Gasteiger partial charge in [-0.25, -0.2) is 0 Å². The molecule has 3 rings (SSSR count). The van der Waals surface area contributed by atoms with E-state index in [1.807, 2.05) is 36.4 Å². The first kappa shape index (κ1) is 15.1. The monoisotopic (exact) mass is 315 g/mol. The maximum atomic E-state index is 10.3. The minimum absolute atomic E-state index is 0.434. The van der Waals surface area contributed by atoms with Gasteiger partial charge in [0.2, 0.25) is 0 Å². The van der Waals surface area contributed by atoms with Crippen molar-refractivity contribution in [1.82, 2.24) is 5.32 Å². The number of rotatable bonds is 7. The minimum Gasteiger partial charge on any atom is -0.489 e. The number of halogens is 1. The highest BCUT2D eigenvalue weighted by molar-refractivity contribution is 6.30. The van der Waals surface area contributed by atoms with Crippen molar-refractivity contribution in [3.63, 3.8) is 0 Å². The molecule has 1 fully saturated rings. The van der Waals surface area contributed by atoms with Gasteiger partial charge in [-0.2, -0.15) is 0 Å². The van der Waals surface area contributed by atoms with Crippen LogP contribution < -0.4 is 10.1 Å². The van der Waals surface area contributed by atoms with Crippen LogP contribution in [0.15, 0.2) is 48.5 Å². The first-order chi connectivity index (χ1) is 10.8. The number of nitrogens with one attached hydrogen (secondary N) is 1. The number of ether oxygens (including phenoxy) is 1. The fourth-order valence-electron chi connectivity index (χ4n) is 2.55. The van der Waals surface area contributed by atoms with Gasteiger partial charge in [-0.05, 0) is 41.8 Å². The van der Waals surface area contributed by atoms with E-state index in [1.54, 1.807) is 0 Å². The zero-order chi connectivity index (χ0) is 15.4. The summed E-state index contributed by atoms with van der Waals surface area (Å²) in [5.41, 5.74) is 2.39. The molecule has 1 aliphatic rings. The molecule has 0 radical (unpaired) electrons. The highest BCUT2D eigenvalue weighted by atomic mass is 35.5. The fraction of sp³-hybridized carbons (Fsp3) is 0.278. The van der Waals surface area contributed by atoms with Crippen LogP contribution in [0, 0.1) is 0 Å². The predicted molar refractivity (Wildman–Crippen MR) is 87.4 cm³/mol. The first-order valence-corrected chi connectivity index (χ1v) is 7.78. The average Bonchev–Trinajstić information content (AvgIpc) is 3.32. The Bertz CT molecular complexity index is 625. The van der Waals surface area contributed by atoms with Gasteiger partial charge in [0.25, 0.3) is 0 Å². The Kier molecular flexibility index (Phi) is 4.76. The molecular weight excluding hydrogens is 298 g/mol. The van der Waals surface area contributed by atoms with E-state index >= 15 is 0 Å². The molecule has 0 amide bonds. The summed E-state index contributed by atoms with van der Waals surface area (Å²) in [6, 6.07) is 16.3. The SMILES string of the molecule is O=CCN[C@H]1C[C@@H]1c1ccc(OCc2ccc(Cl)cc2)cc1. The molecule has 0 unspecified atom stereocenters. The lowest BCUT2D eigenvalue weighted by atomic mass is 10.1. The molecule has 1 aliphatic carbocycles. The van der Waals surface area contributed by atoms with Crippen molar-refractivity contribution in [2.45, 2.75) is 25.0 Å². The van der Waals surface area contributed by atoms with Crippen LogP contribution in [0.1, 0.15) is 23.5 Å². The second-order valence-corrected chi connectivity index (χ2v) is 5.94. The third-order valence-corrected chi connectivity index (χ3v) is 4.13. The average molecular weight is 316 g/mol. The van der Waals surface area contributed by atoms with Gasteiger partial charge in [0.1, 0.15) is 18.6 Å². The van der Waals surface area contributed by atoms with Crippen molar-refractivity contribution in [1.29, 1.82) is 0 Å². The largest absolute Gasteiger partial charge is 0.489 e. The maximum Gasteiger partial charge on any atom is 0.133 e. The Morgan fingerprint density at radius 1 is 1.14 bits per heavy atom. The zero-order valence-electron chi connectivity index (χ0n) is 12.2. The van der Waals surface area contributed by atoms with Crippen LogP contribution in [0.25, 0.3) is 0 Å². The maximum absolute atomic E-state index is 10.3. The number of aldehydes is 1. The van der Waals surface area contributed by atoms with Crippen molar-refractivity contribution in [3.05, 3.63) is 64.7 Å². The van der Waals surface area contributed by atoms with Gasteiger partial charge in [-0.3, -0.25) is 0 Å². The van der Waals surface area contributed by atoms with E-state index in [1.165, 1.54) is 5.56 Å². The van der Waals surface area contributed by atoms with Gasteiger partial charge in [0.15, 0.2) is 0 Å². The van der Waals surface area contributed by atoms with Crippen LogP contribution in [-0.4, -0.2) is 18.9 Å². The predicted octanol–water partition coefficient (Wildman–Crippen LogP) is 3.56. The second-order valence-electron chi connectivity index (χ2n) is 5.51. The number of hydrogen-bond donors (Lipinski definition) is 1. The molecule has 2 atom stereocenters. The van der Waals surface area contributed by atoms with Crippen molar-refractivity contribution in [3.8, 4) is 5.75 Å². The van der Waals surface area contributed by atoms with Gasteiger partial charge in [0, 0.05) is 17.0 Å². The molecule has 1 saturated carbocycles. The van der Waals surface area contributed by atoms with E-state index in [9.17, 15) is 4.79 Å². The van der Waals surface area contributed by atoms with Crippen molar-refractivity contribution in [2.75, 3.05) is 6.54 Å². The fourth-order valence-corrected chi connectivity index (χ4v) is 2.67. The van der Waals surface area contributed by atoms with E-state index in [4.69, 9.17) is 16.3 Å². The second kappa shape index (κ2) is 6.95. The summed E-state index contributed by atoms with van der Waals surface area (Å²) in [5.74, 6) is 1.38. The molecule has 1 N–H and O–H groups in total. The number of carbonyl (C=O) groups is 1. The summed E-state index contributed by atoms with van der Waals surface area (Å²) in [7, 11) is 0. The van der Waals surface area contributed by atoms with Crippen LogP contribution in [0.2, 0.25) is 5.02 Å². The standard InChI is InChI=1S/C18H18ClNO2/c19-15-5-1-13(2-6-15)12-22-16-7-3-14(4-8-16)17-11-18(17)20-9-10-21/h1-8,10,17-18,20H,9,11-12H2/t17-,18+/m1/s1. The highest BCUT2D eigenvalue weighted by Gasteiger charge is 2.37. The zero-order valence-corrected chi connectivity index (χ0v) is 12.9. The molecular formula is C18H18ClNO2. The van der Waals surface area contributed by atoms with Gasteiger partial charge in [-0.15, -0.1) is 0 Å².